The van der Waals surface area contributed by atoms with Crippen LogP contribution in [0.25, 0.3) is 11.4 Å². The zero-order chi connectivity index (χ0) is 21.3. The van der Waals surface area contributed by atoms with Crippen LogP contribution in [0.4, 0.5) is 11.6 Å². The predicted octanol–water partition coefficient (Wildman–Crippen LogP) is 4.08. The summed E-state index contributed by atoms with van der Waals surface area (Å²) in [5.74, 6) is 2.00. The van der Waals surface area contributed by atoms with Crippen molar-refractivity contribution >= 4 is 17.9 Å². The summed E-state index contributed by atoms with van der Waals surface area (Å²) < 4.78 is 5.22. The van der Waals surface area contributed by atoms with Crippen LogP contribution in [0.3, 0.4) is 0 Å². The highest BCUT2D eigenvalue weighted by Gasteiger charge is 2.12. The molecule has 1 aromatic heterocycles. The number of benzene rings is 2. The van der Waals surface area contributed by atoms with Gasteiger partial charge in [0.2, 0.25) is 0 Å². The number of rotatable bonds is 9. The molecule has 2 aromatic carbocycles. The first-order valence-electron chi connectivity index (χ1n) is 9.87. The Balaban J connectivity index is 1.92. The van der Waals surface area contributed by atoms with Gasteiger partial charge < -0.3 is 14.7 Å². The molecular formula is C23H27N5O2. The minimum Gasteiger partial charge on any atom is -0.508 e. The molecule has 0 atom stereocenters. The lowest BCUT2D eigenvalue weighted by molar-refractivity contribution is 0.205. The van der Waals surface area contributed by atoms with E-state index in [1.54, 1.807) is 31.5 Å². The van der Waals surface area contributed by atoms with Crippen LogP contribution in [0.2, 0.25) is 0 Å². The fourth-order valence-corrected chi connectivity index (χ4v) is 2.99. The highest BCUT2D eigenvalue weighted by molar-refractivity contribution is 5.80. The van der Waals surface area contributed by atoms with Crippen LogP contribution in [0.1, 0.15) is 18.1 Å². The van der Waals surface area contributed by atoms with Gasteiger partial charge in [-0.3, -0.25) is 5.43 Å². The molecule has 30 heavy (non-hydrogen) atoms. The van der Waals surface area contributed by atoms with Gasteiger partial charge in [-0.2, -0.15) is 5.10 Å². The summed E-state index contributed by atoms with van der Waals surface area (Å²) in [6.45, 7) is 6.17. The number of aryl methyl sites for hydroxylation is 1. The Hall–Kier alpha value is -3.45. The minimum atomic E-state index is 0.167. The molecule has 7 heteroatoms. The average molecular weight is 406 g/mol. The monoisotopic (exact) mass is 405 g/mol. The maximum atomic E-state index is 9.85. The van der Waals surface area contributed by atoms with Crippen molar-refractivity contribution in [2.45, 2.75) is 13.8 Å². The Morgan fingerprint density at radius 3 is 2.70 bits per heavy atom. The largest absolute Gasteiger partial charge is 0.508 e. The highest BCUT2D eigenvalue weighted by atomic mass is 16.5. The lowest BCUT2D eigenvalue weighted by Gasteiger charge is -2.22. The first-order chi connectivity index (χ1) is 14.6. The highest BCUT2D eigenvalue weighted by Crippen LogP contribution is 2.25. The van der Waals surface area contributed by atoms with Crippen molar-refractivity contribution in [1.29, 1.82) is 0 Å². The van der Waals surface area contributed by atoms with Crippen LogP contribution in [-0.4, -0.2) is 48.1 Å². The molecule has 7 nitrogen and oxygen atoms in total. The van der Waals surface area contributed by atoms with Crippen LogP contribution < -0.4 is 10.3 Å². The normalized spacial score (nSPS) is 11.0. The van der Waals surface area contributed by atoms with Gasteiger partial charge in [0.15, 0.2) is 11.6 Å². The number of aromatic hydroxyl groups is 1. The Bertz CT molecular complexity index is 1010. The summed E-state index contributed by atoms with van der Waals surface area (Å²) in [4.78, 5) is 11.4. The van der Waals surface area contributed by atoms with Crippen molar-refractivity contribution in [2.75, 3.05) is 37.1 Å². The van der Waals surface area contributed by atoms with E-state index < -0.39 is 0 Å². The molecule has 0 aliphatic heterocycles. The number of nitrogens with one attached hydrogen (secondary N) is 1. The van der Waals surface area contributed by atoms with Crippen LogP contribution in [0.15, 0.2) is 59.7 Å². The molecule has 2 N–H and O–H groups in total. The van der Waals surface area contributed by atoms with Crippen molar-refractivity contribution < 1.29 is 9.84 Å². The third kappa shape index (κ3) is 5.78. The predicted molar refractivity (Wildman–Crippen MR) is 121 cm³/mol. The third-order valence-electron chi connectivity index (χ3n) is 4.52. The van der Waals surface area contributed by atoms with E-state index in [0.29, 0.717) is 24.8 Å². The quantitative estimate of drug-likeness (QED) is 0.412. The SMILES string of the molecule is CCN(CCOC)c1cc(N/N=C/c2cccc(C)c2)nc(-c2cccc(O)c2)n1. The van der Waals surface area contributed by atoms with Gasteiger partial charge in [-0.15, -0.1) is 0 Å². The van der Waals surface area contributed by atoms with Gasteiger partial charge in [0.1, 0.15) is 11.6 Å². The third-order valence-corrected chi connectivity index (χ3v) is 4.52. The average Bonchev–Trinajstić information content (AvgIpc) is 2.74. The van der Waals surface area contributed by atoms with Gasteiger partial charge in [0, 0.05) is 31.8 Å². The molecule has 1 heterocycles. The summed E-state index contributed by atoms with van der Waals surface area (Å²) >= 11 is 0. The molecule has 0 spiro atoms. The van der Waals surface area contributed by atoms with E-state index in [-0.39, 0.29) is 5.75 Å². The molecule has 156 valence electrons. The van der Waals surface area contributed by atoms with Crippen molar-refractivity contribution in [1.82, 2.24) is 9.97 Å². The summed E-state index contributed by atoms with van der Waals surface area (Å²) in [5.41, 5.74) is 5.91. The number of phenolic OH excluding ortho intramolecular Hbond substituents is 1. The summed E-state index contributed by atoms with van der Waals surface area (Å²) in [6.07, 6.45) is 1.76. The number of hydrogen-bond acceptors (Lipinski definition) is 7. The smallest absolute Gasteiger partial charge is 0.164 e. The molecule has 0 bridgehead atoms. The fraction of sp³-hybridized carbons (Fsp3) is 0.261. The maximum absolute atomic E-state index is 9.85. The van der Waals surface area contributed by atoms with E-state index in [1.807, 2.05) is 37.3 Å². The molecule has 0 amide bonds. The number of ether oxygens (including phenoxy) is 1. The topological polar surface area (TPSA) is 82.9 Å². The number of aromatic nitrogens is 2. The molecule has 3 rings (SSSR count). The maximum Gasteiger partial charge on any atom is 0.164 e. The van der Waals surface area contributed by atoms with E-state index in [4.69, 9.17) is 9.72 Å². The number of methoxy groups -OCH3 is 1. The van der Waals surface area contributed by atoms with Crippen LogP contribution in [-0.2, 0) is 4.74 Å². The number of hydrazone groups is 1. The van der Waals surface area contributed by atoms with Crippen molar-refractivity contribution in [3.05, 3.63) is 65.7 Å². The lowest BCUT2D eigenvalue weighted by Crippen LogP contribution is -2.28. The molecule has 3 aromatic rings. The van der Waals surface area contributed by atoms with Gasteiger partial charge >= 0.3 is 0 Å². The molecule has 0 fully saturated rings. The second-order valence-corrected chi connectivity index (χ2v) is 6.84. The molecular weight excluding hydrogens is 378 g/mol. The van der Waals surface area contributed by atoms with E-state index in [1.165, 1.54) is 5.56 Å². The molecule has 0 aliphatic carbocycles. The second-order valence-electron chi connectivity index (χ2n) is 6.84. The molecule has 0 radical (unpaired) electrons. The van der Waals surface area contributed by atoms with Crippen molar-refractivity contribution in [3.8, 4) is 17.1 Å². The Kier molecular flexibility index (Phi) is 7.34. The fourth-order valence-electron chi connectivity index (χ4n) is 2.99. The summed E-state index contributed by atoms with van der Waals surface area (Å²) in [7, 11) is 1.68. The van der Waals surface area contributed by atoms with Gasteiger partial charge in [0.25, 0.3) is 0 Å². The van der Waals surface area contributed by atoms with E-state index in [0.717, 1.165) is 23.5 Å². The molecule has 0 saturated heterocycles. The van der Waals surface area contributed by atoms with Crippen molar-refractivity contribution in [3.63, 3.8) is 0 Å². The second kappa shape index (κ2) is 10.4. The minimum absolute atomic E-state index is 0.167. The number of hydrogen-bond donors (Lipinski definition) is 2. The standard InChI is InChI=1S/C23H27N5O2/c1-4-28(11-12-30-3)22-15-21(27-24-16-18-8-5-7-17(2)13-18)25-23(26-22)19-9-6-10-20(29)14-19/h5-10,13-16,29H,4,11-12H2,1-3H3,(H,25,26,27)/b24-16+. The zero-order valence-corrected chi connectivity index (χ0v) is 17.5. The van der Waals surface area contributed by atoms with E-state index >= 15 is 0 Å². The van der Waals surface area contributed by atoms with Gasteiger partial charge in [-0.05, 0) is 31.5 Å². The van der Waals surface area contributed by atoms with Crippen LogP contribution in [0, 0.1) is 6.92 Å². The Labute approximate surface area is 177 Å². The van der Waals surface area contributed by atoms with Gasteiger partial charge in [-0.25, -0.2) is 9.97 Å². The Morgan fingerprint density at radius 2 is 1.97 bits per heavy atom. The number of anilines is 2. The number of nitrogens with zero attached hydrogens (tertiary/aromatic N) is 4. The summed E-state index contributed by atoms with van der Waals surface area (Å²) in [5, 5.41) is 14.2. The Morgan fingerprint density at radius 1 is 1.13 bits per heavy atom. The molecule has 0 unspecified atom stereocenters. The van der Waals surface area contributed by atoms with Gasteiger partial charge in [-0.1, -0.05) is 42.0 Å². The lowest BCUT2D eigenvalue weighted by atomic mass is 10.2. The van der Waals surface area contributed by atoms with Gasteiger partial charge in [0.05, 0.1) is 12.8 Å². The molecule has 0 aliphatic rings. The van der Waals surface area contributed by atoms with E-state index in [9.17, 15) is 5.11 Å². The van der Waals surface area contributed by atoms with Crippen LogP contribution in [0.5, 0.6) is 5.75 Å². The number of likely N-dealkylation sites (N-methyl/N-ethyl adjacent to an activating group) is 1. The van der Waals surface area contributed by atoms with Crippen LogP contribution >= 0.6 is 0 Å². The van der Waals surface area contributed by atoms with Crippen molar-refractivity contribution in [2.24, 2.45) is 5.10 Å². The zero-order valence-electron chi connectivity index (χ0n) is 17.5. The van der Waals surface area contributed by atoms with E-state index in [2.05, 4.69) is 33.4 Å². The first kappa shape index (κ1) is 21.3. The summed E-state index contributed by atoms with van der Waals surface area (Å²) in [6, 6.07) is 16.8. The number of phenols is 1. The first-order valence-corrected chi connectivity index (χ1v) is 9.87. The molecule has 0 saturated carbocycles.